The van der Waals surface area contributed by atoms with Crippen molar-refractivity contribution in [1.82, 2.24) is 15.2 Å². The zero-order valence-corrected chi connectivity index (χ0v) is 16.6. The largest absolute Gasteiger partial charge is 0.368 e. The molecule has 6 nitrogen and oxygen atoms in total. The highest BCUT2D eigenvalue weighted by molar-refractivity contribution is 5.96. The lowest BCUT2D eigenvalue weighted by Gasteiger charge is -2.36. The average molecular weight is 380 g/mol. The van der Waals surface area contributed by atoms with Crippen molar-refractivity contribution in [3.05, 3.63) is 59.4 Å². The molecule has 1 aliphatic rings. The summed E-state index contributed by atoms with van der Waals surface area (Å²) in [5, 5.41) is 2.84. The Kier molecular flexibility index (Phi) is 6.63. The average Bonchev–Trinajstić information content (AvgIpc) is 2.73. The van der Waals surface area contributed by atoms with Crippen molar-refractivity contribution in [3.8, 4) is 0 Å². The minimum absolute atomic E-state index is 0.118. The topological polar surface area (TPSA) is 65.5 Å². The number of piperazine rings is 1. The summed E-state index contributed by atoms with van der Waals surface area (Å²) in [6.07, 6.45) is 1.94. The second-order valence-corrected chi connectivity index (χ2v) is 7.14. The molecule has 3 rings (SSSR count). The summed E-state index contributed by atoms with van der Waals surface area (Å²) < 4.78 is 0. The maximum Gasteiger partial charge on any atom is 0.272 e. The Morgan fingerprint density at radius 1 is 1.04 bits per heavy atom. The highest BCUT2D eigenvalue weighted by atomic mass is 16.2. The quantitative estimate of drug-likeness (QED) is 0.783. The summed E-state index contributed by atoms with van der Waals surface area (Å²) in [5.74, 6) is -0.348. The summed E-state index contributed by atoms with van der Waals surface area (Å²) in [6, 6.07) is 13.5. The number of hydrogen-bond acceptors (Lipinski definition) is 4. The number of pyridine rings is 1. The van der Waals surface area contributed by atoms with E-state index in [1.165, 1.54) is 11.3 Å². The number of nitrogens with one attached hydrogen (secondary N) is 1. The van der Waals surface area contributed by atoms with E-state index in [1.54, 1.807) is 18.2 Å². The normalized spacial score (nSPS) is 14.1. The Bertz CT molecular complexity index is 829. The predicted octanol–water partition coefficient (Wildman–Crippen LogP) is 2.88. The first-order chi connectivity index (χ1) is 13.6. The fourth-order valence-corrected chi connectivity index (χ4v) is 3.30. The number of aryl methyl sites for hydroxylation is 1. The van der Waals surface area contributed by atoms with Crippen LogP contribution in [0, 0.1) is 6.92 Å². The third kappa shape index (κ3) is 4.88. The minimum atomic E-state index is -0.229. The molecule has 1 aromatic heterocycles. The number of aromatic nitrogens is 1. The number of carbonyl (C=O) groups is 2. The molecule has 0 unspecified atom stereocenters. The number of anilines is 1. The van der Waals surface area contributed by atoms with E-state index < -0.39 is 0 Å². The smallest absolute Gasteiger partial charge is 0.272 e. The Hall–Kier alpha value is -2.89. The van der Waals surface area contributed by atoms with Crippen molar-refractivity contribution in [2.45, 2.75) is 26.7 Å². The van der Waals surface area contributed by atoms with E-state index in [-0.39, 0.29) is 11.8 Å². The molecule has 1 saturated heterocycles. The number of rotatable bonds is 6. The van der Waals surface area contributed by atoms with E-state index in [0.29, 0.717) is 31.0 Å². The maximum absolute atomic E-state index is 12.8. The maximum atomic E-state index is 12.8. The number of amides is 2. The summed E-state index contributed by atoms with van der Waals surface area (Å²) in [7, 11) is 0. The Balaban J connectivity index is 1.60. The van der Waals surface area contributed by atoms with Crippen molar-refractivity contribution in [3.63, 3.8) is 0 Å². The summed E-state index contributed by atoms with van der Waals surface area (Å²) >= 11 is 0. The van der Waals surface area contributed by atoms with Gasteiger partial charge in [-0.15, -0.1) is 0 Å². The van der Waals surface area contributed by atoms with Gasteiger partial charge in [0.25, 0.3) is 11.8 Å². The van der Waals surface area contributed by atoms with E-state index in [0.717, 1.165) is 25.9 Å². The molecule has 2 heterocycles. The lowest BCUT2D eigenvalue weighted by Crippen LogP contribution is -2.49. The highest BCUT2D eigenvalue weighted by Crippen LogP contribution is 2.18. The van der Waals surface area contributed by atoms with Gasteiger partial charge in [-0.25, -0.2) is 4.98 Å². The fraction of sp³-hybridized carbons (Fsp3) is 0.409. The van der Waals surface area contributed by atoms with Gasteiger partial charge in [-0.2, -0.15) is 0 Å². The minimum Gasteiger partial charge on any atom is -0.368 e. The molecule has 0 atom stereocenters. The van der Waals surface area contributed by atoms with Crippen LogP contribution in [-0.2, 0) is 0 Å². The molecule has 2 amide bonds. The first-order valence-corrected chi connectivity index (χ1v) is 9.94. The zero-order chi connectivity index (χ0) is 19.9. The molecule has 0 aliphatic carbocycles. The van der Waals surface area contributed by atoms with E-state index in [9.17, 15) is 9.59 Å². The molecule has 148 valence electrons. The monoisotopic (exact) mass is 380 g/mol. The van der Waals surface area contributed by atoms with Gasteiger partial charge in [0.05, 0.1) is 0 Å². The van der Waals surface area contributed by atoms with E-state index in [4.69, 9.17) is 0 Å². The van der Waals surface area contributed by atoms with Crippen molar-refractivity contribution in [2.24, 2.45) is 0 Å². The first kappa shape index (κ1) is 19.9. The molecule has 1 N–H and O–H groups in total. The number of unbranched alkanes of at least 4 members (excludes halogenated alkanes) is 1. The molecular formula is C22H28N4O2. The van der Waals surface area contributed by atoms with Crippen LogP contribution in [0.4, 0.5) is 5.69 Å². The Morgan fingerprint density at radius 2 is 1.75 bits per heavy atom. The molecule has 0 bridgehead atoms. The van der Waals surface area contributed by atoms with Crippen molar-refractivity contribution < 1.29 is 9.59 Å². The lowest BCUT2D eigenvalue weighted by molar-refractivity contribution is 0.0740. The molecule has 1 fully saturated rings. The third-order valence-electron chi connectivity index (χ3n) is 4.95. The van der Waals surface area contributed by atoms with Crippen LogP contribution in [0.2, 0.25) is 0 Å². The lowest BCUT2D eigenvalue weighted by atomic mass is 10.2. The third-order valence-corrected chi connectivity index (χ3v) is 4.95. The number of hydrogen-bond donors (Lipinski definition) is 1. The molecule has 0 spiro atoms. The number of carbonyl (C=O) groups excluding carboxylic acids is 2. The molecule has 6 heteroatoms. The molecule has 28 heavy (non-hydrogen) atoms. The van der Waals surface area contributed by atoms with Crippen LogP contribution in [-0.4, -0.2) is 54.4 Å². The van der Waals surface area contributed by atoms with Gasteiger partial charge in [-0.3, -0.25) is 9.59 Å². The molecule has 0 radical (unpaired) electrons. The molecule has 2 aromatic rings. The van der Waals surface area contributed by atoms with Gasteiger partial charge < -0.3 is 15.1 Å². The fourth-order valence-electron chi connectivity index (χ4n) is 3.30. The van der Waals surface area contributed by atoms with Crippen LogP contribution >= 0.6 is 0 Å². The van der Waals surface area contributed by atoms with Crippen LogP contribution in [0.15, 0.2) is 42.5 Å². The summed E-state index contributed by atoms with van der Waals surface area (Å²) in [6.45, 7) is 7.63. The zero-order valence-electron chi connectivity index (χ0n) is 16.6. The SMILES string of the molecule is CCCCNC(=O)c1cccc(C(=O)N2CCN(c3cccc(C)c3)CC2)n1. The molecule has 0 saturated carbocycles. The Labute approximate surface area is 166 Å². The highest BCUT2D eigenvalue weighted by Gasteiger charge is 2.23. The molecule has 1 aromatic carbocycles. The standard InChI is InChI=1S/C22H28N4O2/c1-3-4-11-23-21(27)19-9-6-10-20(24-19)22(28)26-14-12-25(13-15-26)18-8-5-7-17(2)16-18/h5-10,16H,3-4,11-15H2,1-2H3,(H,23,27). The summed E-state index contributed by atoms with van der Waals surface area (Å²) in [5.41, 5.74) is 3.04. The second-order valence-electron chi connectivity index (χ2n) is 7.14. The van der Waals surface area contributed by atoms with Crippen LogP contribution < -0.4 is 10.2 Å². The van der Waals surface area contributed by atoms with E-state index >= 15 is 0 Å². The van der Waals surface area contributed by atoms with Crippen molar-refractivity contribution >= 4 is 17.5 Å². The van der Waals surface area contributed by atoms with Gasteiger partial charge >= 0.3 is 0 Å². The van der Waals surface area contributed by atoms with Gasteiger partial charge in [-0.05, 0) is 43.2 Å². The molecule has 1 aliphatic heterocycles. The van der Waals surface area contributed by atoms with Gasteiger partial charge in [0, 0.05) is 38.4 Å². The van der Waals surface area contributed by atoms with Crippen molar-refractivity contribution in [1.29, 1.82) is 0 Å². The van der Waals surface area contributed by atoms with Crippen LogP contribution in [0.3, 0.4) is 0 Å². The van der Waals surface area contributed by atoms with Gasteiger partial charge in [0.1, 0.15) is 11.4 Å². The predicted molar refractivity (Wildman–Crippen MR) is 111 cm³/mol. The van der Waals surface area contributed by atoms with Crippen LogP contribution in [0.25, 0.3) is 0 Å². The second kappa shape index (κ2) is 9.35. The van der Waals surface area contributed by atoms with Crippen LogP contribution in [0.5, 0.6) is 0 Å². The van der Waals surface area contributed by atoms with Gasteiger partial charge in [0.2, 0.25) is 0 Å². The van der Waals surface area contributed by atoms with Crippen molar-refractivity contribution in [2.75, 3.05) is 37.6 Å². The number of benzene rings is 1. The van der Waals surface area contributed by atoms with Crippen LogP contribution in [0.1, 0.15) is 46.3 Å². The summed E-state index contributed by atoms with van der Waals surface area (Å²) in [4.78, 5) is 33.4. The van der Waals surface area contributed by atoms with E-state index in [2.05, 4.69) is 53.3 Å². The van der Waals surface area contributed by atoms with Gasteiger partial charge in [0.15, 0.2) is 0 Å². The molecular weight excluding hydrogens is 352 g/mol. The van der Waals surface area contributed by atoms with E-state index in [1.807, 2.05) is 4.90 Å². The van der Waals surface area contributed by atoms with Gasteiger partial charge in [-0.1, -0.05) is 31.5 Å². The number of nitrogens with zero attached hydrogens (tertiary/aromatic N) is 3. The Morgan fingerprint density at radius 3 is 2.46 bits per heavy atom. The first-order valence-electron chi connectivity index (χ1n) is 9.94.